The molecule has 8 heteroatoms. The van der Waals surface area contributed by atoms with E-state index < -0.39 is 17.4 Å². The molecular formula is C16H17ClNNaO5. The number of rotatable bonds is 4. The van der Waals surface area contributed by atoms with Gasteiger partial charge in [0.25, 0.3) is 0 Å². The van der Waals surface area contributed by atoms with Crippen molar-refractivity contribution in [2.24, 2.45) is 5.73 Å². The number of ether oxygens (including phenoxy) is 1. The zero-order chi connectivity index (χ0) is 16.4. The normalized spacial score (nSPS) is 9.92. The summed E-state index contributed by atoms with van der Waals surface area (Å²) in [6.07, 6.45) is 0. The minimum Gasteiger partial charge on any atom is -0.870 e. The minimum atomic E-state index is -1.00. The first-order valence-corrected chi connectivity index (χ1v) is 6.78. The second-order valence-electron chi connectivity index (χ2n) is 4.24. The fourth-order valence-corrected chi connectivity index (χ4v) is 1.57. The molecule has 0 aliphatic rings. The monoisotopic (exact) mass is 361 g/mol. The summed E-state index contributed by atoms with van der Waals surface area (Å²) in [6.45, 7) is 0.239. The van der Waals surface area contributed by atoms with Crippen molar-refractivity contribution in [3.8, 4) is 0 Å². The van der Waals surface area contributed by atoms with E-state index in [4.69, 9.17) is 22.4 Å². The van der Waals surface area contributed by atoms with E-state index in [1.165, 1.54) is 0 Å². The van der Waals surface area contributed by atoms with Crippen molar-refractivity contribution in [3.63, 3.8) is 0 Å². The second-order valence-corrected chi connectivity index (χ2v) is 4.55. The number of hydrogen-bond donors (Lipinski definition) is 2. The first-order valence-electron chi connectivity index (χ1n) is 6.40. The molecule has 0 bridgehead atoms. The van der Waals surface area contributed by atoms with Gasteiger partial charge in [-0.15, -0.1) is 0 Å². The van der Waals surface area contributed by atoms with Gasteiger partial charge < -0.3 is 21.1 Å². The summed E-state index contributed by atoms with van der Waals surface area (Å²) in [4.78, 5) is 20.5. The molecule has 0 aromatic heterocycles. The average Bonchev–Trinajstić information content (AvgIpc) is 2.54. The molecule has 0 saturated heterocycles. The van der Waals surface area contributed by atoms with Crippen molar-refractivity contribution < 1.29 is 54.5 Å². The van der Waals surface area contributed by atoms with Crippen molar-refractivity contribution in [2.45, 2.75) is 12.6 Å². The Kier molecular flexibility index (Phi) is 14.5. The van der Waals surface area contributed by atoms with Crippen LogP contribution in [0.1, 0.15) is 17.2 Å². The quantitative estimate of drug-likeness (QED) is 0.591. The Morgan fingerprint density at radius 1 is 1.04 bits per heavy atom. The third-order valence-electron chi connectivity index (χ3n) is 2.62. The van der Waals surface area contributed by atoms with Crippen molar-refractivity contribution >= 4 is 23.0 Å². The van der Waals surface area contributed by atoms with Crippen LogP contribution in [0.5, 0.6) is 0 Å². The number of hydrogen-bond acceptors (Lipinski definition) is 5. The van der Waals surface area contributed by atoms with Gasteiger partial charge in [-0.1, -0.05) is 60.7 Å². The van der Waals surface area contributed by atoms with Gasteiger partial charge in [-0.2, -0.15) is 0 Å². The molecule has 2 rings (SSSR count). The molecule has 1 atom stereocenters. The van der Waals surface area contributed by atoms with Crippen LogP contribution in [0.15, 0.2) is 60.7 Å². The van der Waals surface area contributed by atoms with E-state index in [-0.39, 0.29) is 41.6 Å². The summed E-state index contributed by atoms with van der Waals surface area (Å²) in [6, 6.07) is 17.2. The molecule has 0 spiro atoms. The van der Waals surface area contributed by atoms with Crippen LogP contribution in [0.25, 0.3) is 0 Å². The minimum absolute atomic E-state index is 0. The molecule has 0 fully saturated rings. The Morgan fingerprint density at radius 3 is 1.92 bits per heavy atom. The summed E-state index contributed by atoms with van der Waals surface area (Å²) in [7, 11) is 0. The van der Waals surface area contributed by atoms with Crippen LogP contribution in [0.3, 0.4) is 0 Å². The van der Waals surface area contributed by atoms with Gasteiger partial charge in [0.05, 0.1) is 0 Å². The molecule has 24 heavy (non-hydrogen) atoms. The van der Waals surface area contributed by atoms with Crippen LogP contribution in [0.2, 0.25) is 0 Å². The Bertz CT molecular complexity index is 598. The standard InChI is InChI=1S/C8H7ClO2.C8H9NO2.Na.H2O/c9-8(10)11-6-7-4-2-1-3-5-7;9-7(8(10)11)6-4-2-1-3-5-6;;/h1-5H,6H2;1-5,7H,9H2,(H,10,11);;1H2/q;;+1;/p-1/t;7-;;/m.0../s1. The first kappa shape index (κ1) is 24.8. The van der Waals surface area contributed by atoms with Crippen LogP contribution < -0.4 is 35.3 Å². The van der Waals surface area contributed by atoms with Crippen LogP contribution >= 0.6 is 11.6 Å². The molecule has 0 amide bonds. The van der Waals surface area contributed by atoms with Gasteiger partial charge in [-0.3, -0.25) is 4.79 Å². The van der Waals surface area contributed by atoms with Gasteiger partial charge >= 0.3 is 41.0 Å². The fraction of sp³-hybridized carbons (Fsp3) is 0.125. The fourth-order valence-electron chi connectivity index (χ4n) is 1.52. The largest absolute Gasteiger partial charge is 1.00 e. The average molecular weight is 362 g/mol. The van der Waals surface area contributed by atoms with Crippen LogP contribution in [0, 0.1) is 0 Å². The Labute approximate surface area is 167 Å². The number of carboxylic acid groups (broad SMARTS) is 1. The predicted octanol–water partition coefficient (Wildman–Crippen LogP) is 0.160. The van der Waals surface area contributed by atoms with E-state index in [1.807, 2.05) is 36.4 Å². The van der Waals surface area contributed by atoms with E-state index in [0.29, 0.717) is 5.56 Å². The van der Waals surface area contributed by atoms with Gasteiger partial charge in [0.2, 0.25) is 0 Å². The smallest absolute Gasteiger partial charge is 0.870 e. The molecule has 0 radical (unpaired) electrons. The van der Waals surface area contributed by atoms with E-state index in [9.17, 15) is 9.59 Å². The van der Waals surface area contributed by atoms with Gasteiger partial charge in [0.15, 0.2) is 0 Å². The van der Waals surface area contributed by atoms with E-state index >= 15 is 0 Å². The molecule has 124 valence electrons. The number of carbonyl (C=O) groups excluding carboxylic acids is 1. The van der Waals surface area contributed by atoms with E-state index in [2.05, 4.69) is 4.74 Å². The molecule has 0 heterocycles. The van der Waals surface area contributed by atoms with Crippen molar-refractivity contribution in [1.29, 1.82) is 0 Å². The first-order chi connectivity index (χ1) is 10.5. The number of halogens is 1. The summed E-state index contributed by atoms with van der Waals surface area (Å²) >= 11 is 4.97. The van der Waals surface area contributed by atoms with Crippen molar-refractivity contribution in [1.82, 2.24) is 0 Å². The number of nitrogens with two attached hydrogens (primary N) is 1. The van der Waals surface area contributed by atoms with Gasteiger partial charge in [0.1, 0.15) is 12.6 Å². The Morgan fingerprint density at radius 2 is 1.50 bits per heavy atom. The number of carbonyl (C=O) groups is 2. The SMILES string of the molecule is N[C@H](C(=O)O)c1ccccc1.O=C(Cl)OCc1ccccc1.[Na+].[OH-]. The molecule has 0 saturated carbocycles. The van der Waals surface area contributed by atoms with Gasteiger partial charge in [-0.25, -0.2) is 4.79 Å². The van der Waals surface area contributed by atoms with Crippen LogP contribution in [0.4, 0.5) is 4.79 Å². The third kappa shape index (κ3) is 10.4. The molecule has 0 aliphatic heterocycles. The summed E-state index contributed by atoms with van der Waals surface area (Å²) in [5, 5.41) is 8.51. The summed E-state index contributed by atoms with van der Waals surface area (Å²) in [5.74, 6) is -1.00. The topological polar surface area (TPSA) is 120 Å². The maximum atomic E-state index is 10.4. The number of carboxylic acids is 1. The molecule has 2 aromatic carbocycles. The molecule has 6 nitrogen and oxygen atoms in total. The Hall–Kier alpha value is -1.41. The van der Waals surface area contributed by atoms with Crippen molar-refractivity contribution in [2.75, 3.05) is 0 Å². The molecule has 4 N–H and O–H groups in total. The third-order valence-corrected chi connectivity index (χ3v) is 2.73. The molecular weight excluding hydrogens is 345 g/mol. The summed E-state index contributed by atoms with van der Waals surface area (Å²) in [5.41, 5.74) is 6.13. The van der Waals surface area contributed by atoms with E-state index in [0.717, 1.165) is 5.56 Å². The van der Waals surface area contributed by atoms with Crippen LogP contribution in [-0.4, -0.2) is 22.0 Å². The van der Waals surface area contributed by atoms with Crippen molar-refractivity contribution in [3.05, 3.63) is 71.8 Å². The maximum Gasteiger partial charge on any atom is 1.00 e. The predicted molar refractivity (Wildman–Crippen MR) is 85.4 cm³/mol. The van der Waals surface area contributed by atoms with Gasteiger partial charge in [0, 0.05) is 11.6 Å². The molecule has 0 unspecified atom stereocenters. The maximum absolute atomic E-state index is 10.4. The molecule has 0 aliphatic carbocycles. The van der Waals surface area contributed by atoms with Gasteiger partial charge in [-0.05, 0) is 11.1 Å². The van der Waals surface area contributed by atoms with E-state index in [1.54, 1.807) is 24.3 Å². The zero-order valence-corrected chi connectivity index (χ0v) is 15.9. The second kappa shape index (κ2) is 14.0. The number of aliphatic carboxylic acids is 1. The number of benzene rings is 2. The zero-order valence-electron chi connectivity index (χ0n) is 13.1. The Balaban J connectivity index is 0. The molecule has 2 aromatic rings. The van der Waals surface area contributed by atoms with Crippen LogP contribution in [-0.2, 0) is 16.1 Å². The summed E-state index contributed by atoms with van der Waals surface area (Å²) < 4.78 is 4.55.